The molecule has 138 valence electrons. The monoisotopic (exact) mass is 359 g/mol. The number of carbonyl (C=O) groups excluding carboxylic acids is 2. The fourth-order valence-electron chi connectivity index (χ4n) is 2.33. The number of amides is 2. The standard InChI is InChI=1S/C19H22FN3O3/c1-2-23(16-7-5-15(20)6-8-16)12-19(25)22-11-14-3-9-17(10-4-14)26-13-18(21)24/h3-10H,2,11-13H2,1H3,(H2,21,24)(H,22,25). The molecule has 0 aromatic heterocycles. The SMILES string of the molecule is CCN(CC(=O)NCc1ccc(OCC(N)=O)cc1)c1ccc(F)cc1. The summed E-state index contributed by atoms with van der Waals surface area (Å²) < 4.78 is 18.2. The van der Waals surface area contributed by atoms with Crippen molar-refractivity contribution in [3.05, 3.63) is 59.9 Å². The van der Waals surface area contributed by atoms with Crippen molar-refractivity contribution < 1.29 is 18.7 Å². The van der Waals surface area contributed by atoms with Crippen LogP contribution in [0.3, 0.4) is 0 Å². The quantitative estimate of drug-likeness (QED) is 0.715. The third-order valence-electron chi connectivity index (χ3n) is 3.70. The van der Waals surface area contributed by atoms with Crippen LogP contribution in [-0.2, 0) is 16.1 Å². The highest BCUT2D eigenvalue weighted by Gasteiger charge is 2.10. The first kappa shape index (κ1) is 19.2. The molecule has 2 aromatic carbocycles. The molecule has 0 aliphatic rings. The van der Waals surface area contributed by atoms with Gasteiger partial charge in [0.1, 0.15) is 11.6 Å². The number of nitrogens with two attached hydrogens (primary N) is 1. The number of primary amides is 1. The summed E-state index contributed by atoms with van der Waals surface area (Å²) in [7, 11) is 0. The Hall–Kier alpha value is -3.09. The molecule has 0 aliphatic heterocycles. The lowest BCUT2D eigenvalue weighted by molar-refractivity contribution is -0.120. The summed E-state index contributed by atoms with van der Waals surface area (Å²) in [5.74, 6) is -0.446. The number of rotatable bonds is 9. The molecule has 0 atom stereocenters. The highest BCUT2D eigenvalue weighted by molar-refractivity contribution is 5.81. The molecule has 2 aromatic rings. The van der Waals surface area contributed by atoms with Gasteiger partial charge in [-0.05, 0) is 48.9 Å². The van der Waals surface area contributed by atoms with Crippen molar-refractivity contribution in [1.29, 1.82) is 0 Å². The Balaban J connectivity index is 1.83. The van der Waals surface area contributed by atoms with Gasteiger partial charge in [-0.15, -0.1) is 0 Å². The number of hydrogen-bond donors (Lipinski definition) is 2. The van der Waals surface area contributed by atoms with Gasteiger partial charge in [-0.25, -0.2) is 4.39 Å². The molecule has 0 bridgehead atoms. The second-order valence-electron chi connectivity index (χ2n) is 5.67. The maximum Gasteiger partial charge on any atom is 0.255 e. The van der Waals surface area contributed by atoms with Crippen LogP contribution in [0, 0.1) is 5.82 Å². The van der Waals surface area contributed by atoms with Gasteiger partial charge >= 0.3 is 0 Å². The molecule has 0 fully saturated rings. The second-order valence-corrected chi connectivity index (χ2v) is 5.67. The van der Waals surface area contributed by atoms with Gasteiger partial charge in [0.15, 0.2) is 6.61 Å². The largest absolute Gasteiger partial charge is 0.484 e. The molecular formula is C19H22FN3O3. The maximum atomic E-state index is 13.0. The molecule has 2 amide bonds. The lowest BCUT2D eigenvalue weighted by Crippen LogP contribution is -2.36. The van der Waals surface area contributed by atoms with Gasteiger partial charge in [0.05, 0.1) is 6.54 Å². The van der Waals surface area contributed by atoms with Gasteiger partial charge in [0.25, 0.3) is 5.91 Å². The van der Waals surface area contributed by atoms with Crippen LogP contribution in [0.2, 0.25) is 0 Å². The van der Waals surface area contributed by atoms with E-state index in [1.165, 1.54) is 12.1 Å². The van der Waals surface area contributed by atoms with E-state index in [1.807, 2.05) is 11.8 Å². The third kappa shape index (κ3) is 6.08. The van der Waals surface area contributed by atoms with Crippen molar-refractivity contribution in [1.82, 2.24) is 5.32 Å². The van der Waals surface area contributed by atoms with E-state index >= 15 is 0 Å². The molecule has 26 heavy (non-hydrogen) atoms. The van der Waals surface area contributed by atoms with E-state index in [0.29, 0.717) is 18.8 Å². The predicted molar refractivity (Wildman–Crippen MR) is 97.3 cm³/mol. The van der Waals surface area contributed by atoms with Gasteiger partial charge in [-0.2, -0.15) is 0 Å². The molecule has 3 N–H and O–H groups in total. The van der Waals surface area contributed by atoms with Crippen molar-refractivity contribution in [2.24, 2.45) is 5.73 Å². The van der Waals surface area contributed by atoms with E-state index in [-0.39, 0.29) is 24.9 Å². The zero-order chi connectivity index (χ0) is 18.9. The molecule has 2 rings (SSSR count). The van der Waals surface area contributed by atoms with Crippen molar-refractivity contribution in [2.45, 2.75) is 13.5 Å². The molecule has 0 unspecified atom stereocenters. The zero-order valence-corrected chi connectivity index (χ0v) is 14.6. The average molecular weight is 359 g/mol. The minimum Gasteiger partial charge on any atom is -0.484 e. The van der Waals surface area contributed by atoms with Crippen LogP contribution < -0.4 is 20.7 Å². The van der Waals surface area contributed by atoms with Gasteiger partial charge < -0.3 is 20.7 Å². The summed E-state index contributed by atoms with van der Waals surface area (Å²) in [6.07, 6.45) is 0. The Labute approximate surface area is 151 Å². The highest BCUT2D eigenvalue weighted by Crippen LogP contribution is 2.14. The Morgan fingerprint density at radius 3 is 2.35 bits per heavy atom. The Morgan fingerprint density at radius 1 is 1.12 bits per heavy atom. The van der Waals surface area contributed by atoms with Crippen molar-refractivity contribution in [2.75, 3.05) is 24.6 Å². The summed E-state index contributed by atoms with van der Waals surface area (Å²) in [5.41, 5.74) is 6.71. The smallest absolute Gasteiger partial charge is 0.255 e. The van der Waals surface area contributed by atoms with Gasteiger partial charge in [0.2, 0.25) is 5.91 Å². The molecule has 6 nitrogen and oxygen atoms in total. The summed E-state index contributed by atoms with van der Waals surface area (Å²) in [5, 5.41) is 2.84. The molecule has 0 spiro atoms. The molecule has 0 radical (unpaired) electrons. The average Bonchev–Trinajstić information content (AvgIpc) is 2.64. The third-order valence-corrected chi connectivity index (χ3v) is 3.70. The summed E-state index contributed by atoms with van der Waals surface area (Å²) in [6.45, 7) is 2.94. The number of hydrogen-bond acceptors (Lipinski definition) is 4. The number of nitrogens with one attached hydrogen (secondary N) is 1. The number of nitrogens with zero attached hydrogens (tertiary/aromatic N) is 1. The maximum absolute atomic E-state index is 13.0. The first-order valence-electron chi connectivity index (χ1n) is 8.25. The van der Waals surface area contributed by atoms with Gasteiger partial charge in [0, 0.05) is 18.8 Å². The minimum absolute atomic E-state index is 0.134. The number of benzene rings is 2. The van der Waals surface area contributed by atoms with Crippen LogP contribution in [0.25, 0.3) is 0 Å². The molecule has 0 saturated heterocycles. The van der Waals surface area contributed by atoms with E-state index < -0.39 is 5.91 Å². The summed E-state index contributed by atoms with van der Waals surface area (Å²) in [4.78, 5) is 24.7. The lowest BCUT2D eigenvalue weighted by Gasteiger charge is -2.22. The molecule has 0 saturated carbocycles. The first-order valence-corrected chi connectivity index (χ1v) is 8.25. The first-order chi connectivity index (χ1) is 12.5. The molecule has 0 aliphatic carbocycles. The summed E-state index contributed by atoms with van der Waals surface area (Å²) in [6, 6.07) is 13.1. The number of ether oxygens (including phenoxy) is 1. The molecule has 0 heterocycles. The van der Waals surface area contributed by atoms with Crippen molar-refractivity contribution in [3.63, 3.8) is 0 Å². The van der Waals surface area contributed by atoms with Gasteiger partial charge in [-0.3, -0.25) is 9.59 Å². The van der Waals surface area contributed by atoms with E-state index in [4.69, 9.17) is 10.5 Å². The van der Waals surface area contributed by atoms with Crippen molar-refractivity contribution in [3.8, 4) is 5.75 Å². The number of likely N-dealkylation sites (N-methyl/N-ethyl adjacent to an activating group) is 1. The minimum atomic E-state index is -0.539. The van der Waals surface area contributed by atoms with Crippen LogP contribution in [-0.4, -0.2) is 31.5 Å². The number of halogens is 1. The zero-order valence-electron chi connectivity index (χ0n) is 14.6. The van der Waals surface area contributed by atoms with Crippen LogP contribution in [0.5, 0.6) is 5.75 Å². The fraction of sp³-hybridized carbons (Fsp3) is 0.263. The Bertz CT molecular complexity index is 733. The number of carbonyl (C=O) groups is 2. The van der Waals surface area contributed by atoms with Crippen molar-refractivity contribution >= 4 is 17.5 Å². The number of anilines is 1. The van der Waals surface area contributed by atoms with Crippen LogP contribution in [0.15, 0.2) is 48.5 Å². The van der Waals surface area contributed by atoms with E-state index in [2.05, 4.69) is 5.32 Å². The molecular weight excluding hydrogens is 337 g/mol. The van der Waals surface area contributed by atoms with E-state index in [9.17, 15) is 14.0 Å². The van der Waals surface area contributed by atoms with Crippen LogP contribution >= 0.6 is 0 Å². The normalized spacial score (nSPS) is 10.2. The lowest BCUT2D eigenvalue weighted by atomic mass is 10.2. The predicted octanol–water partition coefficient (Wildman–Crippen LogP) is 1.83. The second kappa shape index (κ2) is 9.41. The van der Waals surface area contributed by atoms with Gasteiger partial charge in [-0.1, -0.05) is 12.1 Å². The molecule has 7 heteroatoms. The Morgan fingerprint density at radius 2 is 1.77 bits per heavy atom. The van der Waals surface area contributed by atoms with Crippen LogP contribution in [0.1, 0.15) is 12.5 Å². The van der Waals surface area contributed by atoms with E-state index in [0.717, 1.165) is 11.3 Å². The summed E-state index contributed by atoms with van der Waals surface area (Å²) >= 11 is 0. The Kier molecular flexibility index (Phi) is 6.96. The fourth-order valence-corrected chi connectivity index (χ4v) is 2.33. The van der Waals surface area contributed by atoms with Crippen LogP contribution in [0.4, 0.5) is 10.1 Å². The topological polar surface area (TPSA) is 84.7 Å². The van der Waals surface area contributed by atoms with E-state index in [1.54, 1.807) is 36.4 Å². The highest BCUT2D eigenvalue weighted by atomic mass is 19.1.